The lowest BCUT2D eigenvalue weighted by Crippen LogP contribution is -2.30. The normalized spacial score (nSPS) is 18.0. The molecule has 0 bridgehead atoms. The highest BCUT2D eigenvalue weighted by atomic mass is 35.5. The Kier molecular flexibility index (Phi) is 6.67. The Bertz CT molecular complexity index is 1000. The molecule has 1 amide bonds. The molecule has 2 aromatic rings. The summed E-state index contributed by atoms with van der Waals surface area (Å²) in [5, 5.41) is 11.3. The number of methoxy groups -OCH3 is 2. The summed E-state index contributed by atoms with van der Waals surface area (Å²) in [4.78, 5) is 27.3. The lowest BCUT2D eigenvalue weighted by atomic mass is 9.95. The molecule has 1 fully saturated rings. The van der Waals surface area contributed by atoms with E-state index in [1.165, 1.54) is 18.1 Å². The first-order valence-electron chi connectivity index (χ1n) is 9.69. The van der Waals surface area contributed by atoms with Crippen LogP contribution in [-0.2, 0) is 9.59 Å². The van der Waals surface area contributed by atoms with Gasteiger partial charge in [-0.05, 0) is 42.3 Å². The van der Waals surface area contributed by atoms with Gasteiger partial charge >= 0.3 is 0 Å². The Hall–Kier alpha value is -2.99. The average Bonchev–Trinajstić information content (AvgIpc) is 3.01. The zero-order valence-corrected chi connectivity index (χ0v) is 17.9. The first-order valence-corrected chi connectivity index (χ1v) is 10.1. The SMILES string of the molecule is CCCCN1C(=O)C(=O)/C(=C(\O)c2ccc(OC)c(Cl)c2)C1c1cccc(OC)c1. The molecule has 30 heavy (non-hydrogen) atoms. The maximum absolute atomic E-state index is 12.9. The first kappa shape index (κ1) is 21.7. The predicted octanol–water partition coefficient (Wildman–Crippen LogP) is 4.58. The number of unbranched alkanes of at least 4 members (excludes halogenated alkanes) is 1. The third-order valence-electron chi connectivity index (χ3n) is 5.13. The van der Waals surface area contributed by atoms with Crippen molar-refractivity contribution in [3.63, 3.8) is 0 Å². The molecule has 158 valence electrons. The summed E-state index contributed by atoms with van der Waals surface area (Å²) in [6.07, 6.45) is 1.60. The van der Waals surface area contributed by atoms with Gasteiger partial charge in [-0.15, -0.1) is 0 Å². The van der Waals surface area contributed by atoms with E-state index >= 15 is 0 Å². The Morgan fingerprint density at radius 2 is 1.90 bits per heavy atom. The fourth-order valence-electron chi connectivity index (χ4n) is 3.57. The van der Waals surface area contributed by atoms with Gasteiger partial charge in [-0.1, -0.05) is 37.1 Å². The van der Waals surface area contributed by atoms with Crippen LogP contribution in [0.25, 0.3) is 5.76 Å². The molecule has 1 atom stereocenters. The second kappa shape index (κ2) is 9.22. The molecular formula is C23H24ClNO5. The summed E-state index contributed by atoms with van der Waals surface area (Å²) in [6.45, 7) is 2.42. The van der Waals surface area contributed by atoms with E-state index in [2.05, 4.69) is 0 Å². The smallest absolute Gasteiger partial charge is 0.295 e. The van der Waals surface area contributed by atoms with Crippen molar-refractivity contribution in [3.8, 4) is 11.5 Å². The Morgan fingerprint density at radius 3 is 2.53 bits per heavy atom. The topological polar surface area (TPSA) is 76.1 Å². The van der Waals surface area contributed by atoms with E-state index < -0.39 is 17.7 Å². The van der Waals surface area contributed by atoms with Gasteiger partial charge in [0.1, 0.15) is 17.3 Å². The van der Waals surface area contributed by atoms with Gasteiger partial charge in [-0.3, -0.25) is 9.59 Å². The molecule has 0 aromatic heterocycles. The molecule has 2 aromatic carbocycles. The van der Waals surface area contributed by atoms with Crippen molar-refractivity contribution in [2.24, 2.45) is 0 Å². The zero-order chi connectivity index (χ0) is 21.8. The van der Waals surface area contributed by atoms with Crippen LogP contribution in [0.2, 0.25) is 5.02 Å². The molecule has 1 saturated heterocycles. The van der Waals surface area contributed by atoms with Gasteiger partial charge in [0, 0.05) is 12.1 Å². The van der Waals surface area contributed by atoms with Crippen molar-refractivity contribution < 1.29 is 24.2 Å². The molecule has 0 aliphatic carbocycles. The van der Waals surface area contributed by atoms with Crippen LogP contribution in [0.15, 0.2) is 48.0 Å². The number of halogens is 1. The number of Topliss-reactive ketones (excluding diaryl/α,β-unsaturated/α-hetero) is 1. The molecule has 1 N–H and O–H groups in total. The molecule has 0 saturated carbocycles. The number of amides is 1. The van der Waals surface area contributed by atoms with Crippen LogP contribution in [0.4, 0.5) is 0 Å². The zero-order valence-electron chi connectivity index (χ0n) is 17.1. The minimum atomic E-state index is -0.719. The summed E-state index contributed by atoms with van der Waals surface area (Å²) in [5.41, 5.74) is 1.05. The third-order valence-corrected chi connectivity index (χ3v) is 5.42. The van der Waals surface area contributed by atoms with Crippen LogP contribution in [0, 0.1) is 0 Å². The second-order valence-corrected chi connectivity index (χ2v) is 7.38. The molecule has 1 aliphatic heterocycles. The molecule has 6 nitrogen and oxygen atoms in total. The number of aliphatic hydroxyl groups excluding tert-OH is 1. The number of likely N-dealkylation sites (tertiary alicyclic amines) is 1. The molecule has 3 rings (SSSR count). The van der Waals surface area contributed by atoms with Gasteiger partial charge in [-0.2, -0.15) is 0 Å². The second-order valence-electron chi connectivity index (χ2n) is 6.97. The van der Waals surface area contributed by atoms with Crippen molar-refractivity contribution in [2.75, 3.05) is 20.8 Å². The molecular weight excluding hydrogens is 406 g/mol. The largest absolute Gasteiger partial charge is 0.507 e. The van der Waals surface area contributed by atoms with Crippen LogP contribution < -0.4 is 9.47 Å². The van der Waals surface area contributed by atoms with Gasteiger partial charge in [0.05, 0.1) is 30.9 Å². The molecule has 7 heteroatoms. The van der Waals surface area contributed by atoms with Crippen molar-refractivity contribution >= 4 is 29.1 Å². The number of hydrogen-bond donors (Lipinski definition) is 1. The number of nitrogens with zero attached hydrogens (tertiary/aromatic N) is 1. The fourth-order valence-corrected chi connectivity index (χ4v) is 3.82. The molecule has 0 spiro atoms. The monoisotopic (exact) mass is 429 g/mol. The molecule has 1 unspecified atom stereocenters. The number of aliphatic hydroxyl groups is 1. The van der Waals surface area contributed by atoms with E-state index in [1.807, 2.05) is 13.0 Å². The Balaban J connectivity index is 2.17. The van der Waals surface area contributed by atoms with Gasteiger partial charge in [0.15, 0.2) is 0 Å². The number of ether oxygens (including phenoxy) is 2. The van der Waals surface area contributed by atoms with Crippen molar-refractivity contribution in [1.82, 2.24) is 4.90 Å². The van der Waals surface area contributed by atoms with Crippen LogP contribution in [0.5, 0.6) is 11.5 Å². The van der Waals surface area contributed by atoms with E-state index in [9.17, 15) is 14.7 Å². The molecule has 1 aliphatic rings. The lowest BCUT2D eigenvalue weighted by Gasteiger charge is -2.25. The predicted molar refractivity (Wildman–Crippen MR) is 115 cm³/mol. The number of benzene rings is 2. The number of ketones is 1. The minimum absolute atomic E-state index is 0.0330. The standard InChI is InChI=1S/C23H24ClNO5/c1-4-5-11-25-20(14-7-6-8-16(12-14)29-2)19(22(27)23(25)28)21(26)15-9-10-18(30-3)17(24)13-15/h6-10,12-13,20,26H,4-5,11H2,1-3H3/b21-19-. The summed E-state index contributed by atoms with van der Waals surface area (Å²) < 4.78 is 10.5. The highest BCUT2D eigenvalue weighted by Crippen LogP contribution is 2.41. The third kappa shape index (κ3) is 4.00. The number of rotatable bonds is 7. The quantitative estimate of drug-likeness (QED) is 0.396. The average molecular weight is 430 g/mol. The molecule has 0 radical (unpaired) electrons. The van der Waals surface area contributed by atoms with E-state index in [1.54, 1.807) is 37.4 Å². The highest BCUT2D eigenvalue weighted by molar-refractivity contribution is 6.46. The van der Waals surface area contributed by atoms with Crippen LogP contribution >= 0.6 is 11.6 Å². The Morgan fingerprint density at radius 1 is 1.13 bits per heavy atom. The van der Waals surface area contributed by atoms with E-state index in [-0.39, 0.29) is 11.3 Å². The summed E-state index contributed by atoms with van der Waals surface area (Å²) in [5.74, 6) is -0.576. The Labute approximate surface area is 180 Å². The maximum atomic E-state index is 12.9. The van der Waals surface area contributed by atoms with E-state index in [4.69, 9.17) is 21.1 Å². The number of hydrogen-bond acceptors (Lipinski definition) is 5. The van der Waals surface area contributed by atoms with Crippen molar-refractivity contribution in [2.45, 2.75) is 25.8 Å². The first-order chi connectivity index (χ1) is 14.4. The van der Waals surface area contributed by atoms with Gasteiger partial charge in [0.2, 0.25) is 0 Å². The van der Waals surface area contributed by atoms with Crippen LogP contribution in [-0.4, -0.2) is 42.5 Å². The molecule has 1 heterocycles. The van der Waals surface area contributed by atoms with Gasteiger partial charge < -0.3 is 19.5 Å². The number of carbonyl (C=O) groups is 2. The van der Waals surface area contributed by atoms with Crippen molar-refractivity contribution in [1.29, 1.82) is 0 Å². The summed E-state index contributed by atoms with van der Waals surface area (Å²) >= 11 is 6.20. The summed E-state index contributed by atoms with van der Waals surface area (Å²) in [7, 11) is 3.04. The maximum Gasteiger partial charge on any atom is 0.295 e. The van der Waals surface area contributed by atoms with E-state index in [0.717, 1.165) is 12.8 Å². The van der Waals surface area contributed by atoms with Gasteiger partial charge in [0.25, 0.3) is 11.7 Å². The van der Waals surface area contributed by atoms with E-state index in [0.29, 0.717) is 34.2 Å². The van der Waals surface area contributed by atoms with Crippen LogP contribution in [0.3, 0.4) is 0 Å². The fraction of sp³-hybridized carbons (Fsp3) is 0.304. The highest BCUT2D eigenvalue weighted by Gasteiger charge is 2.45. The summed E-state index contributed by atoms with van der Waals surface area (Å²) in [6, 6.07) is 11.2. The van der Waals surface area contributed by atoms with Gasteiger partial charge in [-0.25, -0.2) is 0 Å². The lowest BCUT2D eigenvalue weighted by molar-refractivity contribution is -0.139. The number of carbonyl (C=O) groups excluding carboxylic acids is 2. The van der Waals surface area contributed by atoms with Crippen LogP contribution in [0.1, 0.15) is 36.9 Å². The van der Waals surface area contributed by atoms with Crippen molar-refractivity contribution in [3.05, 3.63) is 64.2 Å². The minimum Gasteiger partial charge on any atom is -0.507 e.